The standard InChI is InChI=1S/C19H19FN2O2/c1-22-17(23)12-11-14(18(22)13-7-3-2-4-8-13)19(24)21-16-10-6-5-9-15(16)20/h2-10,14,18H,11-12H2,1H3,(H,21,24)/t14-,18-/m1/s1. The Morgan fingerprint density at radius 2 is 1.79 bits per heavy atom. The molecule has 0 saturated carbocycles. The van der Waals surface area contributed by atoms with Crippen LogP contribution in [0.25, 0.3) is 0 Å². The minimum Gasteiger partial charge on any atom is -0.338 e. The second-order valence-corrected chi connectivity index (χ2v) is 5.97. The Balaban J connectivity index is 1.88. The summed E-state index contributed by atoms with van der Waals surface area (Å²) >= 11 is 0. The van der Waals surface area contributed by atoms with Gasteiger partial charge in [-0.1, -0.05) is 42.5 Å². The molecule has 4 nitrogen and oxygen atoms in total. The van der Waals surface area contributed by atoms with E-state index in [0.29, 0.717) is 12.8 Å². The maximum absolute atomic E-state index is 13.8. The van der Waals surface area contributed by atoms with Crippen LogP contribution in [0.5, 0.6) is 0 Å². The van der Waals surface area contributed by atoms with Gasteiger partial charge in [-0.2, -0.15) is 0 Å². The van der Waals surface area contributed by atoms with E-state index in [1.54, 1.807) is 24.1 Å². The van der Waals surface area contributed by atoms with Gasteiger partial charge in [-0.05, 0) is 24.1 Å². The molecule has 2 aromatic rings. The molecule has 2 atom stereocenters. The summed E-state index contributed by atoms with van der Waals surface area (Å²) in [5.74, 6) is -1.15. The number of rotatable bonds is 3. The van der Waals surface area contributed by atoms with Crippen molar-refractivity contribution in [2.24, 2.45) is 5.92 Å². The van der Waals surface area contributed by atoms with E-state index in [4.69, 9.17) is 0 Å². The molecular weight excluding hydrogens is 307 g/mol. The van der Waals surface area contributed by atoms with Crippen molar-refractivity contribution in [3.63, 3.8) is 0 Å². The number of nitrogens with zero attached hydrogens (tertiary/aromatic N) is 1. The second kappa shape index (κ2) is 6.83. The highest BCUT2D eigenvalue weighted by Crippen LogP contribution is 2.36. The van der Waals surface area contributed by atoms with Crippen LogP contribution in [0.3, 0.4) is 0 Å². The average molecular weight is 326 g/mol. The third-order valence-corrected chi connectivity index (χ3v) is 4.47. The molecule has 2 aromatic carbocycles. The predicted octanol–water partition coefficient (Wildman–Crippen LogP) is 3.37. The maximum atomic E-state index is 13.8. The largest absolute Gasteiger partial charge is 0.338 e. The lowest BCUT2D eigenvalue weighted by molar-refractivity contribution is -0.140. The van der Waals surface area contributed by atoms with Crippen molar-refractivity contribution in [1.29, 1.82) is 0 Å². The summed E-state index contributed by atoms with van der Waals surface area (Å²) in [7, 11) is 1.71. The van der Waals surface area contributed by atoms with Crippen molar-refractivity contribution in [2.75, 3.05) is 12.4 Å². The van der Waals surface area contributed by atoms with Gasteiger partial charge in [0.25, 0.3) is 0 Å². The summed E-state index contributed by atoms with van der Waals surface area (Å²) < 4.78 is 13.8. The van der Waals surface area contributed by atoms with Crippen molar-refractivity contribution in [3.8, 4) is 0 Å². The molecule has 1 aliphatic heterocycles. The molecule has 124 valence electrons. The molecule has 1 saturated heterocycles. The van der Waals surface area contributed by atoms with Crippen LogP contribution in [-0.4, -0.2) is 23.8 Å². The quantitative estimate of drug-likeness (QED) is 0.940. The monoisotopic (exact) mass is 326 g/mol. The molecule has 0 unspecified atom stereocenters. The molecule has 1 N–H and O–H groups in total. The first-order chi connectivity index (χ1) is 11.6. The zero-order valence-corrected chi connectivity index (χ0v) is 13.4. The molecule has 24 heavy (non-hydrogen) atoms. The molecule has 0 bridgehead atoms. The number of piperidine rings is 1. The zero-order chi connectivity index (χ0) is 17.1. The third kappa shape index (κ3) is 3.15. The van der Waals surface area contributed by atoms with Crippen molar-refractivity contribution in [2.45, 2.75) is 18.9 Å². The molecular formula is C19H19FN2O2. The summed E-state index contributed by atoms with van der Waals surface area (Å²) in [5.41, 5.74) is 1.07. The van der Waals surface area contributed by atoms with E-state index in [9.17, 15) is 14.0 Å². The van der Waals surface area contributed by atoms with Crippen molar-refractivity contribution < 1.29 is 14.0 Å². The van der Waals surface area contributed by atoms with Crippen LogP contribution in [0.1, 0.15) is 24.4 Å². The number of carbonyl (C=O) groups is 2. The Hall–Kier alpha value is -2.69. The molecule has 5 heteroatoms. The van der Waals surface area contributed by atoms with E-state index in [2.05, 4.69) is 5.32 Å². The first kappa shape index (κ1) is 16.2. The smallest absolute Gasteiger partial charge is 0.230 e. The lowest BCUT2D eigenvalue weighted by Crippen LogP contribution is -2.44. The van der Waals surface area contributed by atoms with Crippen LogP contribution < -0.4 is 5.32 Å². The topological polar surface area (TPSA) is 49.4 Å². The minimum atomic E-state index is -0.470. The molecule has 0 aromatic heterocycles. The van der Waals surface area contributed by atoms with Crippen LogP contribution in [0.4, 0.5) is 10.1 Å². The normalized spacial score (nSPS) is 20.8. The van der Waals surface area contributed by atoms with Crippen molar-refractivity contribution in [3.05, 3.63) is 66.0 Å². The summed E-state index contributed by atoms with van der Waals surface area (Å²) in [6, 6.07) is 15.2. The Morgan fingerprint density at radius 1 is 1.12 bits per heavy atom. The highest BCUT2D eigenvalue weighted by molar-refractivity contribution is 5.94. The van der Waals surface area contributed by atoms with E-state index in [-0.39, 0.29) is 23.5 Å². The number of hydrogen-bond acceptors (Lipinski definition) is 2. The fourth-order valence-corrected chi connectivity index (χ4v) is 3.21. The summed E-state index contributed by atoms with van der Waals surface area (Å²) in [4.78, 5) is 26.4. The lowest BCUT2D eigenvalue weighted by Gasteiger charge is -2.38. The molecule has 1 heterocycles. The van der Waals surface area contributed by atoms with Gasteiger partial charge in [0.1, 0.15) is 5.82 Å². The summed E-state index contributed by atoms with van der Waals surface area (Å²) in [6.45, 7) is 0. The summed E-state index contributed by atoms with van der Waals surface area (Å²) in [5, 5.41) is 2.66. The number of nitrogens with one attached hydrogen (secondary N) is 1. The van der Waals surface area contributed by atoms with Gasteiger partial charge < -0.3 is 10.2 Å². The SMILES string of the molecule is CN1C(=O)CC[C@@H](C(=O)Nc2ccccc2F)[C@H]1c1ccccc1. The van der Waals surface area contributed by atoms with E-state index in [0.717, 1.165) is 5.56 Å². The second-order valence-electron chi connectivity index (χ2n) is 5.97. The van der Waals surface area contributed by atoms with Gasteiger partial charge in [-0.15, -0.1) is 0 Å². The Morgan fingerprint density at radius 3 is 2.50 bits per heavy atom. The predicted molar refractivity (Wildman–Crippen MR) is 89.7 cm³/mol. The van der Waals surface area contributed by atoms with Crippen molar-refractivity contribution >= 4 is 17.5 Å². The molecule has 2 amide bonds. The van der Waals surface area contributed by atoms with Crippen LogP contribution in [0, 0.1) is 11.7 Å². The highest BCUT2D eigenvalue weighted by atomic mass is 19.1. The van der Waals surface area contributed by atoms with Gasteiger partial charge in [-0.25, -0.2) is 4.39 Å². The lowest BCUT2D eigenvalue weighted by atomic mass is 9.84. The molecule has 0 spiro atoms. The molecule has 1 fully saturated rings. The summed E-state index contributed by atoms with van der Waals surface area (Å²) in [6.07, 6.45) is 0.762. The number of benzene rings is 2. The average Bonchev–Trinajstić information content (AvgIpc) is 2.60. The van der Waals surface area contributed by atoms with E-state index >= 15 is 0 Å². The van der Waals surface area contributed by atoms with Gasteiger partial charge in [0.05, 0.1) is 17.6 Å². The van der Waals surface area contributed by atoms with Crippen LogP contribution in [0.15, 0.2) is 54.6 Å². The van der Waals surface area contributed by atoms with E-state index < -0.39 is 11.7 Å². The number of anilines is 1. The Labute approximate surface area is 140 Å². The zero-order valence-electron chi connectivity index (χ0n) is 13.4. The fourth-order valence-electron chi connectivity index (χ4n) is 3.21. The first-order valence-corrected chi connectivity index (χ1v) is 7.94. The number of amides is 2. The van der Waals surface area contributed by atoms with E-state index in [1.165, 1.54) is 12.1 Å². The maximum Gasteiger partial charge on any atom is 0.230 e. The number of hydrogen-bond donors (Lipinski definition) is 1. The number of carbonyl (C=O) groups excluding carboxylic acids is 2. The number of para-hydroxylation sites is 1. The number of likely N-dealkylation sites (tertiary alicyclic amines) is 1. The highest BCUT2D eigenvalue weighted by Gasteiger charge is 2.38. The van der Waals surface area contributed by atoms with Crippen molar-refractivity contribution in [1.82, 2.24) is 4.90 Å². The Bertz CT molecular complexity index is 748. The molecule has 1 aliphatic rings. The first-order valence-electron chi connectivity index (χ1n) is 7.94. The van der Waals surface area contributed by atoms with Gasteiger partial charge in [-0.3, -0.25) is 9.59 Å². The molecule has 0 radical (unpaired) electrons. The minimum absolute atomic E-state index is 0.0128. The third-order valence-electron chi connectivity index (χ3n) is 4.47. The van der Waals surface area contributed by atoms with Gasteiger partial charge in [0, 0.05) is 13.5 Å². The van der Waals surface area contributed by atoms with Gasteiger partial charge >= 0.3 is 0 Å². The van der Waals surface area contributed by atoms with Crippen LogP contribution >= 0.6 is 0 Å². The molecule has 0 aliphatic carbocycles. The number of halogens is 1. The fraction of sp³-hybridized carbons (Fsp3) is 0.263. The van der Waals surface area contributed by atoms with Gasteiger partial charge in [0.15, 0.2) is 0 Å². The van der Waals surface area contributed by atoms with Gasteiger partial charge in [0.2, 0.25) is 11.8 Å². The van der Waals surface area contributed by atoms with Crippen LogP contribution in [-0.2, 0) is 9.59 Å². The molecule has 3 rings (SSSR count). The Kier molecular flexibility index (Phi) is 4.60. The van der Waals surface area contributed by atoms with Crippen LogP contribution in [0.2, 0.25) is 0 Å². The van der Waals surface area contributed by atoms with E-state index in [1.807, 2.05) is 30.3 Å².